The molecule has 0 radical (unpaired) electrons. The fourth-order valence-corrected chi connectivity index (χ4v) is 2.23. The van der Waals surface area contributed by atoms with Crippen LogP contribution >= 0.6 is 0 Å². The van der Waals surface area contributed by atoms with E-state index in [0.29, 0.717) is 17.5 Å². The van der Waals surface area contributed by atoms with Gasteiger partial charge in [-0.15, -0.1) is 0 Å². The minimum absolute atomic E-state index is 0.105. The number of nitrogens with zero attached hydrogens (tertiary/aromatic N) is 2. The molecule has 0 aliphatic heterocycles. The molecule has 2 amide bonds. The van der Waals surface area contributed by atoms with Crippen molar-refractivity contribution in [3.05, 3.63) is 29.8 Å². The molecule has 6 heteroatoms. The quantitative estimate of drug-likeness (QED) is 0.801. The van der Waals surface area contributed by atoms with Crippen molar-refractivity contribution in [2.45, 2.75) is 26.8 Å². The summed E-state index contributed by atoms with van der Waals surface area (Å²) in [7, 11) is 0. The van der Waals surface area contributed by atoms with Gasteiger partial charge < -0.3 is 10.1 Å². The number of anilines is 1. The molecule has 1 aromatic carbocycles. The molecule has 1 aromatic rings. The number of amides is 2. The Morgan fingerprint density at radius 3 is 2.59 bits per heavy atom. The van der Waals surface area contributed by atoms with Gasteiger partial charge in [-0.3, -0.25) is 14.5 Å². The van der Waals surface area contributed by atoms with Crippen molar-refractivity contribution in [1.82, 2.24) is 5.32 Å². The summed E-state index contributed by atoms with van der Waals surface area (Å²) >= 11 is 0. The molecule has 0 aliphatic carbocycles. The van der Waals surface area contributed by atoms with Crippen molar-refractivity contribution in [2.75, 3.05) is 11.4 Å². The molecule has 0 saturated carbocycles. The van der Waals surface area contributed by atoms with E-state index in [-0.39, 0.29) is 18.4 Å². The molecular formula is C16H19N3O3. The van der Waals surface area contributed by atoms with Crippen molar-refractivity contribution < 1.29 is 14.4 Å². The molecular weight excluding hydrogens is 282 g/mol. The van der Waals surface area contributed by atoms with Gasteiger partial charge in [0.1, 0.15) is 12.3 Å². The topological polar surface area (TPSA) is 90.3 Å². The van der Waals surface area contributed by atoms with Crippen LogP contribution in [0, 0.1) is 17.2 Å². The van der Waals surface area contributed by atoms with Crippen LogP contribution in [0.1, 0.15) is 26.3 Å². The second-order valence-electron chi connectivity index (χ2n) is 5.15. The van der Waals surface area contributed by atoms with Crippen molar-refractivity contribution in [3.63, 3.8) is 0 Å². The highest BCUT2D eigenvalue weighted by atomic mass is 16.2. The first-order chi connectivity index (χ1) is 10.4. The highest BCUT2D eigenvalue weighted by molar-refractivity contribution is 6.00. The van der Waals surface area contributed by atoms with E-state index in [1.807, 2.05) is 19.9 Å². The minimum Gasteiger partial charge on any atom is -0.348 e. The zero-order valence-electron chi connectivity index (χ0n) is 12.9. The number of rotatable bonds is 6. The third-order valence-electron chi connectivity index (χ3n) is 3.13. The van der Waals surface area contributed by atoms with Crippen LogP contribution in [0.25, 0.3) is 0 Å². The molecule has 0 heterocycles. The predicted molar refractivity (Wildman–Crippen MR) is 82.0 cm³/mol. The SMILES string of the molecule is CC(=O)N(c1cccc(C#N)c1)C(C(=O)NCC=O)C(C)C. The smallest absolute Gasteiger partial charge is 0.243 e. The van der Waals surface area contributed by atoms with E-state index < -0.39 is 11.9 Å². The molecule has 0 spiro atoms. The van der Waals surface area contributed by atoms with Gasteiger partial charge in [0.15, 0.2) is 0 Å². The first-order valence-electron chi connectivity index (χ1n) is 6.93. The van der Waals surface area contributed by atoms with Crippen molar-refractivity contribution in [3.8, 4) is 6.07 Å². The molecule has 0 aromatic heterocycles. The Bertz CT molecular complexity index is 605. The lowest BCUT2D eigenvalue weighted by atomic mass is 10.00. The van der Waals surface area contributed by atoms with E-state index in [1.165, 1.54) is 11.8 Å². The summed E-state index contributed by atoms with van der Waals surface area (Å²) in [6, 6.07) is 7.76. The second-order valence-corrected chi connectivity index (χ2v) is 5.15. The summed E-state index contributed by atoms with van der Waals surface area (Å²) in [5, 5.41) is 11.5. The molecule has 0 aliphatic rings. The Morgan fingerprint density at radius 1 is 1.41 bits per heavy atom. The van der Waals surface area contributed by atoms with Crippen LogP contribution in [0.5, 0.6) is 0 Å². The molecule has 6 nitrogen and oxygen atoms in total. The van der Waals surface area contributed by atoms with Gasteiger partial charge in [-0.25, -0.2) is 0 Å². The Kier molecular flexibility index (Phi) is 6.26. The largest absolute Gasteiger partial charge is 0.348 e. The average molecular weight is 301 g/mol. The lowest BCUT2D eigenvalue weighted by Gasteiger charge is -2.32. The van der Waals surface area contributed by atoms with E-state index in [0.717, 1.165) is 0 Å². The molecule has 0 saturated heterocycles. The summed E-state index contributed by atoms with van der Waals surface area (Å²) in [6.07, 6.45) is 0.587. The molecule has 0 bridgehead atoms. The molecule has 116 valence electrons. The predicted octanol–water partition coefficient (Wildman–Crippen LogP) is 1.25. The first-order valence-corrected chi connectivity index (χ1v) is 6.93. The number of nitrogens with one attached hydrogen (secondary N) is 1. The Labute approximate surface area is 129 Å². The van der Waals surface area contributed by atoms with E-state index in [1.54, 1.807) is 24.3 Å². The van der Waals surface area contributed by atoms with Gasteiger partial charge in [0, 0.05) is 12.6 Å². The van der Waals surface area contributed by atoms with Crippen LogP contribution in [0.3, 0.4) is 0 Å². The molecule has 1 N–H and O–H groups in total. The Balaban J connectivity index is 3.24. The van der Waals surface area contributed by atoms with Crippen molar-refractivity contribution >= 4 is 23.8 Å². The summed E-state index contributed by atoms with van der Waals surface area (Å²) in [5.74, 6) is -0.879. The molecule has 1 rings (SSSR count). The maximum absolute atomic E-state index is 12.3. The van der Waals surface area contributed by atoms with E-state index >= 15 is 0 Å². The van der Waals surface area contributed by atoms with Gasteiger partial charge in [-0.2, -0.15) is 5.26 Å². The number of aldehydes is 1. The summed E-state index contributed by atoms with van der Waals surface area (Å²) in [6.45, 7) is 4.89. The zero-order valence-corrected chi connectivity index (χ0v) is 12.9. The van der Waals surface area contributed by atoms with E-state index in [4.69, 9.17) is 5.26 Å². The van der Waals surface area contributed by atoms with Crippen LogP contribution in [0.15, 0.2) is 24.3 Å². The van der Waals surface area contributed by atoms with Crippen LogP contribution in [-0.4, -0.2) is 30.7 Å². The highest BCUT2D eigenvalue weighted by Crippen LogP contribution is 2.23. The van der Waals surface area contributed by atoms with Crippen LogP contribution in [-0.2, 0) is 14.4 Å². The molecule has 1 unspecified atom stereocenters. The van der Waals surface area contributed by atoms with E-state index in [2.05, 4.69) is 5.32 Å². The van der Waals surface area contributed by atoms with Crippen LogP contribution in [0.4, 0.5) is 5.69 Å². The number of carbonyl (C=O) groups is 3. The number of benzene rings is 1. The fraction of sp³-hybridized carbons (Fsp3) is 0.375. The van der Waals surface area contributed by atoms with Gasteiger partial charge in [0.25, 0.3) is 0 Å². The first kappa shape index (κ1) is 17.4. The standard InChI is InChI=1S/C16H19N3O3/c1-11(2)15(16(22)18-7-8-20)19(12(3)21)14-6-4-5-13(9-14)10-17/h4-6,8-9,11,15H,7H2,1-3H3,(H,18,22). The van der Waals surface area contributed by atoms with Crippen molar-refractivity contribution in [2.24, 2.45) is 5.92 Å². The maximum Gasteiger partial charge on any atom is 0.243 e. The Hall–Kier alpha value is -2.68. The lowest BCUT2D eigenvalue weighted by molar-refractivity contribution is -0.127. The fourth-order valence-electron chi connectivity index (χ4n) is 2.23. The zero-order chi connectivity index (χ0) is 16.7. The summed E-state index contributed by atoms with van der Waals surface area (Å²) < 4.78 is 0. The number of hydrogen-bond acceptors (Lipinski definition) is 4. The molecule has 22 heavy (non-hydrogen) atoms. The average Bonchev–Trinajstić information content (AvgIpc) is 2.49. The number of nitriles is 1. The van der Waals surface area contributed by atoms with Crippen LogP contribution in [0.2, 0.25) is 0 Å². The van der Waals surface area contributed by atoms with Gasteiger partial charge in [-0.1, -0.05) is 19.9 Å². The van der Waals surface area contributed by atoms with Crippen molar-refractivity contribution in [1.29, 1.82) is 5.26 Å². The van der Waals surface area contributed by atoms with Gasteiger partial charge in [0.2, 0.25) is 11.8 Å². The number of carbonyl (C=O) groups excluding carboxylic acids is 3. The molecule has 1 atom stereocenters. The minimum atomic E-state index is -0.758. The highest BCUT2D eigenvalue weighted by Gasteiger charge is 2.31. The summed E-state index contributed by atoms with van der Waals surface area (Å²) in [5.41, 5.74) is 0.881. The van der Waals surface area contributed by atoms with Gasteiger partial charge >= 0.3 is 0 Å². The lowest BCUT2D eigenvalue weighted by Crippen LogP contribution is -2.52. The second kappa shape index (κ2) is 7.93. The van der Waals surface area contributed by atoms with Gasteiger partial charge in [0.05, 0.1) is 18.2 Å². The summed E-state index contributed by atoms with van der Waals surface area (Å²) in [4.78, 5) is 36.1. The number of hydrogen-bond donors (Lipinski definition) is 1. The maximum atomic E-state index is 12.3. The normalized spacial score (nSPS) is 11.4. The van der Waals surface area contributed by atoms with E-state index in [9.17, 15) is 14.4 Å². The molecule has 0 fully saturated rings. The van der Waals surface area contributed by atoms with Crippen LogP contribution < -0.4 is 10.2 Å². The monoisotopic (exact) mass is 301 g/mol. The third kappa shape index (κ3) is 4.16. The Morgan fingerprint density at radius 2 is 2.09 bits per heavy atom. The third-order valence-corrected chi connectivity index (χ3v) is 3.13. The van der Waals surface area contributed by atoms with Gasteiger partial charge in [-0.05, 0) is 24.1 Å².